The van der Waals surface area contributed by atoms with E-state index in [-0.39, 0.29) is 10.8 Å². The molecule has 0 N–H and O–H groups in total. The first-order valence-electron chi connectivity index (χ1n) is 9.57. The van der Waals surface area contributed by atoms with E-state index in [1.807, 2.05) is 12.1 Å². The Bertz CT molecular complexity index is 653. The summed E-state index contributed by atoms with van der Waals surface area (Å²) < 4.78 is 20.3. The van der Waals surface area contributed by atoms with Crippen molar-refractivity contribution in [2.24, 2.45) is 0 Å². The van der Waals surface area contributed by atoms with Crippen LogP contribution in [-0.2, 0) is 37.3 Å². The van der Waals surface area contributed by atoms with Gasteiger partial charge in [0, 0.05) is 0 Å². The summed E-state index contributed by atoms with van der Waals surface area (Å²) in [5.41, 5.74) is 2.27. The van der Waals surface area contributed by atoms with Crippen molar-refractivity contribution in [1.82, 2.24) is 0 Å². The van der Waals surface area contributed by atoms with E-state index >= 15 is 0 Å². The molecule has 0 aliphatic carbocycles. The third-order valence-electron chi connectivity index (χ3n) is 6.04. The molecular formula is C23H35O3Ti. The maximum absolute atomic E-state index is 6.29. The van der Waals surface area contributed by atoms with Crippen molar-refractivity contribution in [2.75, 3.05) is 21.3 Å². The van der Waals surface area contributed by atoms with Gasteiger partial charge in [-0.3, -0.25) is 0 Å². The van der Waals surface area contributed by atoms with E-state index in [0.29, 0.717) is 0 Å². The molecule has 2 rings (SSSR count). The predicted molar refractivity (Wildman–Crippen MR) is 110 cm³/mol. The first kappa shape index (κ1) is 22.3. The molecule has 0 aromatic heterocycles. The minimum atomic E-state index is -4.25. The Kier molecular flexibility index (Phi) is 6.77. The Hall–Kier alpha value is -0.966. The summed E-state index contributed by atoms with van der Waals surface area (Å²) in [7, 11) is 5.27. The van der Waals surface area contributed by atoms with Gasteiger partial charge in [0.25, 0.3) is 0 Å². The molecule has 0 amide bonds. The molecule has 3 nitrogen and oxygen atoms in total. The molecule has 149 valence electrons. The van der Waals surface area contributed by atoms with Crippen LogP contribution in [0.15, 0.2) is 60.7 Å². The molecular weight excluding hydrogens is 372 g/mol. The molecule has 0 radical (unpaired) electrons. The number of rotatable bonds is 9. The summed E-state index contributed by atoms with van der Waals surface area (Å²) >= 11 is -4.25. The van der Waals surface area contributed by atoms with Crippen molar-refractivity contribution >= 4 is 0 Å². The molecule has 2 aromatic rings. The van der Waals surface area contributed by atoms with Crippen molar-refractivity contribution in [3.63, 3.8) is 0 Å². The fraction of sp³-hybridized carbons (Fsp3) is 0.478. The summed E-state index contributed by atoms with van der Waals surface area (Å²) in [5, 5.41) is 0. The fourth-order valence-electron chi connectivity index (χ4n) is 4.44. The van der Waals surface area contributed by atoms with Crippen LogP contribution in [0.1, 0.15) is 38.8 Å². The van der Waals surface area contributed by atoms with Crippen molar-refractivity contribution in [2.45, 2.75) is 48.0 Å². The van der Waals surface area contributed by atoms with E-state index in [1.54, 1.807) is 21.3 Å². The molecule has 0 saturated heterocycles. The summed E-state index contributed by atoms with van der Waals surface area (Å²) in [5.74, 6) is 0. The molecule has 0 aliphatic rings. The Balaban J connectivity index is 2.48. The molecule has 0 aliphatic heterocycles. The van der Waals surface area contributed by atoms with Crippen molar-refractivity contribution in [1.29, 1.82) is 0 Å². The van der Waals surface area contributed by atoms with E-state index in [2.05, 4.69) is 76.2 Å². The van der Waals surface area contributed by atoms with Gasteiger partial charge in [-0.05, 0) is 0 Å². The van der Waals surface area contributed by atoms with Crippen LogP contribution in [-0.4, -0.2) is 21.3 Å². The van der Waals surface area contributed by atoms with Gasteiger partial charge in [-0.15, -0.1) is 0 Å². The molecule has 0 atom stereocenters. The zero-order valence-corrected chi connectivity index (χ0v) is 19.5. The van der Waals surface area contributed by atoms with Gasteiger partial charge in [-0.2, -0.15) is 0 Å². The monoisotopic (exact) mass is 407 g/mol. The average molecular weight is 407 g/mol. The van der Waals surface area contributed by atoms with E-state index in [0.717, 1.165) is 9.45 Å². The van der Waals surface area contributed by atoms with Crippen LogP contribution in [0.3, 0.4) is 0 Å². The number of hydrogen-bond acceptors (Lipinski definition) is 3. The Labute approximate surface area is 167 Å². The van der Waals surface area contributed by atoms with Crippen LogP contribution in [0, 0.1) is 0 Å². The summed E-state index contributed by atoms with van der Waals surface area (Å²) in [6, 6.07) is 21.1. The Morgan fingerprint density at radius 2 is 0.889 bits per heavy atom. The van der Waals surface area contributed by atoms with Crippen molar-refractivity contribution in [3.05, 3.63) is 71.8 Å². The Morgan fingerprint density at radius 1 is 0.593 bits per heavy atom. The van der Waals surface area contributed by atoms with Gasteiger partial charge in [0.15, 0.2) is 0 Å². The molecule has 4 heteroatoms. The third-order valence-corrected chi connectivity index (χ3v) is 15.2. The summed E-state index contributed by atoms with van der Waals surface area (Å²) in [6.07, 6.45) is 0. The minimum absolute atomic E-state index is 0.132. The van der Waals surface area contributed by atoms with Gasteiger partial charge in [0.05, 0.1) is 0 Å². The molecule has 0 fully saturated rings. The van der Waals surface area contributed by atoms with Gasteiger partial charge < -0.3 is 0 Å². The van der Waals surface area contributed by atoms with Crippen LogP contribution >= 0.6 is 0 Å². The second kappa shape index (κ2) is 8.18. The molecule has 0 bridgehead atoms. The quantitative estimate of drug-likeness (QED) is 0.467. The van der Waals surface area contributed by atoms with Crippen molar-refractivity contribution in [3.8, 4) is 0 Å². The molecule has 0 unspecified atom stereocenters. The van der Waals surface area contributed by atoms with Gasteiger partial charge in [-0.1, -0.05) is 0 Å². The molecule has 27 heavy (non-hydrogen) atoms. The first-order chi connectivity index (χ1) is 12.6. The Morgan fingerprint density at radius 3 is 1.15 bits per heavy atom. The van der Waals surface area contributed by atoms with Crippen LogP contribution in [0.25, 0.3) is 0 Å². The van der Waals surface area contributed by atoms with Crippen LogP contribution < -0.4 is 0 Å². The normalized spacial score (nSPS) is 14.6. The second-order valence-electron chi connectivity index (χ2n) is 8.83. The zero-order chi connectivity index (χ0) is 20.2. The van der Waals surface area contributed by atoms with E-state index in [1.165, 1.54) is 11.1 Å². The topological polar surface area (TPSA) is 27.7 Å². The predicted octanol–water partition coefficient (Wildman–Crippen LogP) is 6.15. The van der Waals surface area contributed by atoms with E-state index < -0.39 is 16.5 Å². The van der Waals surface area contributed by atoms with E-state index in [4.69, 9.17) is 9.96 Å². The number of hydrogen-bond donors (Lipinski definition) is 0. The van der Waals surface area contributed by atoms with E-state index in [9.17, 15) is 0 Å². The maximum atomic E-state index is 6.29. The van der Waals surface area contributed by atoms with Crippen LogP contribution in [0.2, 0.25) is 9.45 Å². The zero-order valence-electron chi connectivity index (χ0n) is 17.9. The molecule has 2 aromatic carbocycles. The van der Waals surface area contributed by atoms with Crippen LogP contribution in [0.5, 0.6) is 0 Å². The summed E-state index contributed by atoms with van der Waals surface area (Å²) in [4.78, 5) is 0. The second-order valence-corrected chi connectivity index (χ2v) is 16.1. The molecule has 0 spiro atoms. The molecule has 0 saturated carbocycles. The SMILES string of the molecule is C[O][Ti]([CH2]C(C)(C)c1ccccc1)([CH2]C(C)(C)c1ccccc1)([O]C)[O]C. The van der Waals surface area contributed by atoms with Gasteiger partial charge in [0.2, 0.25) is 0 Å². The van der Waals surface area contributed by atoms with Gasteiger partial charge >= 0.3 is 168 Å². The summed E-state index contributed by atoms with van der Waals surface area (Å²) in [6.45, 7) is 8.99. The standard InChI is InChI=1S/2C10H13.3CH3O.Ti/c2*1-10(2,3)9-7-5-4-6-8-9;3*1-2;/h2*4-8H,1H2,2-3H3;3*1H3;/q;;3*-1;+3. The van der Waals surface area contributed by atoms with Gasteiger partial charge in [-0.25, -0.2) is 0 Å². The number of benzene rings is 2. The van der Waals surface area contributed by atoms with Crippen LogP contribution in [0.4, 0.5) is 0 Å². The third kappa shape index (κ3) is 4.72. The van der Waals surface area contributed by atoms with Gasteiger partial charge in [0.1, 0.15) is 0 Å². The fourth-order valence-corrected chi connectivity index (χ4v) is 12.7. The average Bonchev–Trinajstić information content (AvgIpc) is 2.69. The first-order valence-corrected chi connectivity index (χ1v) is 13.7. The molecule has 0 heterocycles. The van der Waals surface area contributed by atoms with Crippen molar-refractivity contribution < 1.29 is 26.4 Å².